The molecule has 1 aromatic carbocycles. The number of hydrogen-bond donors (Lipinski definition) is 1. The Morgan fingerprint density at radius 1 is 1.15 bits per heavy atom. The Bertz CT molecular complexity index is 789. The van der Waals surface area contributed by atoms with Crippen molar-refractivity contribution in [1.82, 2.24) is 4.31 Å². The zero-order valence-corrected chi connectivity index (χ0v) is 17.6. The fourth-order valence-electron chi connectivity index (χ4n) is 3.30. The van der Waals surface area contributed by atoms with Gasteiger partial charge >= 0.3 is 0 Å². The zero-order valence-electron chi connectivity index (χ0n) is 16.8. The van der Waals surface area contributed by atoms with Gasteiger partial charge in [0.1, 0.15) is 0 Å². The van der Waals surface area contributed by atoms with Gasteiger partial charge in [0.05, 0.1) is 16.3 Å². The van der Waals surface area contributed by atoms with E-state index in [0.29, 0.717) is 18.8 Å². The number of sulfonamides is 1. The molecular formula is C20H31N3O3S. The lowest BCUT2D eigenvalue weighted by Crippen LogP contribution is -2.35. The molecule has 0 aliphatic carbocycles. The third-order valence-electron chi connectivity index (χ3n) is 4.70. The number of nitrogens with one attached hydrogen (secondary N) is 1. The molecule has 0 bridgehead atoms. The number of benzene rings is 1. The van der Waals surface area contributed by atoms with Crippen molar-refractivity contribution in [2.45, 2.75) is 51.9 Å². The van der Waals surface area contributed by atoms with Crippen molar-refractivity contribution in [1.29, 1.82) is 0 Å². The largest absolute Gasteiger partial charge is 0.370 e. The van der Waals surface area contributed by atoms with Gasteiger partial charge in [-0.25, -0.2) is 8.42 Å². The average Bonchev–Trinajstić information content (AvgIpc) is 2.63. The van der Waals surface area contributed by atoms with Gasteiger partial charge in [-0.2, -0.15) is 4.31 Å². The molecule has 2 rings (SSSR count). The molecule has 1 fully saturated rings. The van der Waals surface area contributed by atoms with E-state index in [-0.39, 0.29) is 10.8 Å². The fourth-order valence-corrected chi connectivity index (χ4v) is 4.84. The van der Waals surface area contributed by atoms with E-state index in [1.807, 2.05) is 27.7 Å². The molecule has 1 saturated heterocycles. The maximum atomic E-state index is 13.0. The van der Waals surface area contributed by atoms with E-state index >= 15 is 0 Å². The summed E-state index contributed by atoms with van der Waals surface area (Å²) in [7, 11) is -3.55. The molecule has 1 N–H and O–H groups in total. The minimum atomic E-state index is -3.55. The molecule has 1 amide bonds. The van der Waals surface area contributed by atoms with E-state index in [0.717, 1.165) is 43.6 Å². The van der Waals surface area contributed by atoms with Crippen molar-refractivity contribution in [3.63, 3.8) is 0 Å². The number of rotatable bonds is 7. The predicted molar refractivity (Wildman–Crippen MR) is 111 cm³/mol. The van der Waals surface area contributed by atoms with Gasteiger partial charge in [0.15, 0.2) is 0 Å². The van der Waals surface area contributed by atoms with Gasteiger partial charge in [-0.1, -0.05) is 12.0 Å². The minimum Gasteiger partial charge on any atom is -0.370 e. The Labute approximate surface area is 163 Å². The van der Waals surface area contributed by atoms with Gasteiger partial charge in [0, 0.05) is 32.3 Å². The lowest BCUT2D eigenvalue weighted by Gasteiger charge is -2.28. The number of nitrogens with zero attached hydrogens (tertiary/aromatic N) is 2. The molecule has 1 aromatic rings. The number of carbonyl (C=O) groups excluding carboxylic acids is 1. The molecule has 0 aromatic heterocycles. The SMILES string of the molecule is CCN(CC)c1ccc(S(=O)(=O)N2CCCCC2)cc1NC(=O)C=C(C)C. The number of allylic oxidation sites excluding steroid dienone is 1. The van der Waals surface area contributed by atoms with E-state index in [1.54, 1.807) is 22.5 Å². The van der Waals surface area contributed by atoms with Crippen LogP contribution in [0, 0.1) is 0 Å². The summed E-state index contributed by atoms with van der Waals surface area (Å²) >= 11 is 0. The molecular weight excluding hydrogens is 362 g/mol. The van der Waals surface area contributed by atoms with Gasteiger partial charge in [-0.05, 0) is 58.7 Å². The van der Waals surface area contributed by atoms with Crippen LogP contribution in [0.1, 0.15) is 47.0 Å². The fraction of sp³-hybridized carbons (Fsp3) is 0.550. The first-order valence-electron chi connectivity index (χ1n) is 9.64. The zero-order chi connectivity index (χ0) is 20.0. The molecule has 27 heavy (non-hydrogen) atoms. The molecule has 1 aliphatic rings. The van der Waals surface area contributed by atoms with Crippen LogP contribution in [-0.2, 0) is 14.8 Å². The van der Waals surface area contributed by atoms with Crippen molar-refractivity contribution in [3.05, 3.63) is 29.8 Å². The van der Waals surface area contributed by atoms with Crippen molar-refractivity contribution in [2.75, 3.05) is 36.4 Å². The van der Waals surface area contributed by atoms with Crippen LogP contribution in [-0.4, -0.2) is 44.8 Å². The maximum absolute atomic E-state index is 13.0. The Morgan fingerprint density at radius 3 is 2.33 bits per heavy atom. The van der Waals surface area contributed by atoms with E-state index in [2.05, 4.69) is 10.2 Å². The third kappa shape index (κ3) is 5.32. The first-order chi connectivity index (χ1) is 12.8. The topological polar surface area (TPSA) is 69.7 Å². The summed E-state index contributed by atoms with van der Waals surface area (Å²) in [6.45, 7) is 10.4. The van der Waals surface area contributed by atoms with Crippen LogP contribution in [0.25, 0.3) is 0 Å². The summed E-state index contributed by atoms with van der Waals surface area (Å²) in [6.07, 6.45) is 4.36. The molecule has 0 unspecified atom stereocenters. The summed E-state index contributed by atoms with van der Waals surface area (Å²) in [5.74, 6) is -0.254. The van der Waals surface area contributed by atoms with Gasteiger partial charge in [0.25, 0.3) is 0 Å². The second-order valence-corrected chi connectivity index (χ2v) is 8.96. The van der Waals surface area contributed by atoms with Crippen LogP contribution in [0.2, 0.25) is 0 Å². The number of hydrogen-bond acceptors (Lipinski definition) is 4. The molecule has 1 heterocycles. The Hall–Kier alpha value is -1.86. The van der Waals surface area contributed by atoms with Crippen molar-refractivity contribution in [3.8, 4) is 0 Å². The smallest absolute Gasteiger partial charge is 0.248 e. The Morgan fingerprint density at radius 2 is 1.78 bits per heavy atom. The summed E-state index contributed by atoms with van der Waals surface area (Å²) < 4.78 is 27.6. The molecule has 0 radical (unpaired) electrons. The predicted octanol–water partition coefficient (Wildman–Crippen LogP) is 3.61. The van der Waals surface area contributed by atoms with E-state index in [4.69, 9.17) is 0 Å². The van der Waals surface area contributed by atoms with Crippen molar-refractivity contribution >= 4 is 27.3 Å². The van der Waals surface area contributed by atoms with Gasteiger partial charge < -0.3 is 10.2 Å². The summed E-state index contributed by atoms with van der Waals surface area (Å²) in [4.78, 5) is 14.6. The Balaban J connectivity index is 2.44. The highest BCUT2D eigenvalue weighted by Crippen LogP contribution is 2.31. The molecule has 7 heteroatoms. The van der Waals surface area contributed by atoms with Crippen molar-refractivity contribution < 1.29 is 13.2 Å². The molecule has 0 spiro atoms. The molecule has 0 saturated carbocycles. The molecule has 1 aliphatic heterocycles. The highest BCUT2D eigenvalue weighted by molar-refractivity contribution is 7.89. The Kier molecular flexibility index (Phi) is 7.44. The van der Waals surface area contributed by atoms with E-state index < -0.39 is 10.0 Å². The number of anilines is 2. The summed E-state index contributed by atoms with van der Waals surface area (Å²) in [5.41, 5.74) is 2.24. The van der Waals surface area contributed by atoms with Crippen molar-refractivity contribution in [2.24, 2.45) is 0 Å². The molecule has 150 valence electrons. The molecule has 6 nitrogen and oxygen atoms in total. The molecule has 0 atom stereocenters. The highest BCUT2D eigenvalue weighted by atomic mass is 32.2. The average molecular weight is 394 g/mol. The van der Waals surface area contributed by atoms with Gasteiger partial charge in [-0.15, -0.1) is 0 Å². The van der Waals surface area contributed by atoms with Crippen LogP contribution in [0.15, 0.2) is 34.7 Å². The maximum Gasteiger partial charge on any atom is 0.248 e. The third-order valence-corrected chi connectivity index (χ3v) is 6.60. The van der Waals surface area contributed by atoms with Gasteiger partial charge in [-0.3, -0.25) is 4.79 Å². The van der Waals surface area contributed by atoms with Crippen LogP contribution < -0.4 is 10.2 Å². The van der Waals surface area contributed by atoms with E-state index in [1.165, 1.54) is 6.08 Å². The first kappa shape index (κ1) is 21.4. The van der Waals surface area contributed by atoms with Gasteiger partial charge in [0.2, 0.25) is 15.9 Å². The highest BCUT2D eigenvalue weighted by Gasteiger charge is 2.27. The lowest BCUT2D eigenvalue weighted by molar-refractivity contribution is -0.111. The van der Waals surface area contributed by atoms with Crippen LogP contribution in [0.5, 0.6) is 0 Å². The summed E-state index contributed by atoms with van der Waals surface area (Å²) in [6, 6.07) is 5.03. The standard InChI is InChI=1S/C20H31N3O3S/c1-5-22(6-2)19-11-10-17(15-18(19)21-20(24)14-16(3)4)27(25,26)23-12-8-7-9-13-23/h10-11,14-15H,5-9,12-13H2,1-4H3,(H,21,24). The normalized spacial score (nSPS) is 15.3. The van der Waals surface area contributed by atoms with E-state index in [9.17, 15) is 13.2 Å². The second-order valence-electron chi connectivity index (χ2n) is 7.03. The first-order valence-corrected chi connectivity index (χ1v) is 11.1. The number of amides is 1. The number of piperidine rings is 1. The monoisotopic (exact) mass is 393 g/mol. The minimum absolute atomic E-state index is 0.229. The number of carbonyl (C=O) groups is 1. The van der Waals surface area contributed by atoms with Crippen LogP contribution >= 0.6 is 0 Å². The summed E-state index contributed by atoms with van der Waals surface area (Å²) in [5, 5.41) is 2.87. The van der Waals surface area contributed by atoms with Crippen LogP contribution in [0.4, 0.5) is 11.4 Å². The van der Waals surface area contributed by atoms with Crippen LogP contribution in [0.3, 0.4) is 0 Å². The quantitative estimate of drug-likeness (QED) is 0.719. The lowest BCUT2D eigenvalue weighted by atomic mass is 10.2. The second kappa shape index (κ2) is 9.37.